The van der Waals surface area contributed by atoms with Crippen LogP contribution in [-0.2, 0) is 32.1 Å². The Labute approximate surface area is 270 Å². The number of halogens is 1. The molecule has 0 bridgehead atoms. The third-order valence-corrected chi connectivity index (χ3v) is 12.8. The standard InChI is InChI=1S/C39H44FNO5/c1-25(42)46-23-35(45)38-24-41(21-28-11-9-27(10-12-28)17-26-7-5-4-6-8-26)22-30(38)19-33-32-14-13-29-18-31(43)15-16-36(29,2)39(32,40)34(44)20-37(33,38)3/h4-12,15-16,18,30,32-34,44H,13-14,17,19-24H2,1-3H3. The number of aliphatic hydroxyl groups excluding tert-OH is 1. The zero-order valence-electron chi connectivity index (χ0n) is 27.0. The van der Waals surface area contributed by atoms with Crippen LogP contribution in [0.5, 0.6) is 0 Å². The van der Waals surface area contributed by atoms with Crippen LogP contribution < -0.4 is 0 Å². The molecule has 1 N–H and O–H groups in total. The van der Waals surface area contributed by atoms with Crippen LogP contribution in [0.25, 0.3) is 0 Å². The molecule has 7 heteroatoms. The molecule has 0 spiro atoms. The van der Waals surface area contributed by atoms with Crippen molar-refractivity contribution in [2.45, 2.75) is 71.2 Å². The SMILES string of the molecule is CC(=O)OCC(=O)C12CN(Cc3ccc(Cc4ccccc4)cc3)CC1CC1C3CCC4=CC(=O)C=CC4(C)C3(F)C(O)CC12C. The molecule has 0 radical (unpaired) electrons. The van der Waals surface area contributed by atoms with E-state index in [-0.39, 0.29) is 36.4 Å². The second-order valence-electron chi connectivity index (χ2n) is 15.0. The van der Waals surface area contributed by atoms with Gasteiger partial charge in [0.2, 0.25) is 0 Å². The Kier molecular flexibility index (Phi) is 7.52. The molecule has 5 aliphatic rings. The molecule has 3 saturated carbocycles. The summed E-state index contributed by atoms with van der Waals surface area (Å²) in [5.74, 6) is -1.41. The van der Waals surface area contributed by atoms with Crippen molar-refractivity contribution in [3.8, 4) is 0 Å². The number of Topliss-reactive ketones (excluding diaryl/α,β-unsaturated/α-hetero) is 1. The number of allylic oxidation sites excluding steroid dienone is 4. The summed E-state index contributed by atoms with van der Waals surface area (Å²) < 4.78 is 23.1. The van der Waals surface area contributed by atoms with Gasteiger partial charge in [0.1, 0.15) is 0 Å². The fourth-order valence-corrected chi connectivity index (χ4v) is 10.7. The van der Waals surface area contributed by atoms with Gasteiger partial charge in [-0.05, 0) is 85.1 Å². The summed E-state index contributed by atoms with van der Waals surface area (Å²) in [5.41, 5.74) is -0.176. The number of carbonyl (C=O) groups is 3. The average Bonchev–Trinajstić information content (AvgIpc) is 3.50. The van der Waals surface area contributed by atoms with Crippen LogP contribution >= 0.6 is 0 Å². The van der Waals surface area contributed by atoms with Gasteiger partial charge in [0.25, 0.3) is 0 Å². The van der Waals surface area contributed by atoms with Gasteiger partial charge in [-0.2, -0.15) is 0 Å². The van der Waals surface area contributed by atoms with Crippen molar-refractivity contribution in [2.75, 3.05) is 19.7 Å². The molecule has 7 rings (SSSR count). The Bertz CT molecular complexity index is 1620. The van der Waals surface area contributed by atoms with E-state index in [1.165, 1.54) is 24.1 Å². The number of hydrogen-bond donors (Lipinski definition) is 1. The highest BCUT2D eigenvalue weighted by atomic mass is 19.1. The predicted molar refractivity (Wildman–Crippen MR) is 172 cm³/mol. The molecule has 8 atom stereocenters. The van der Waals surface area contributed by atoms with E-state index in [1.807, 2.05) is 13.0 Å². The molecular formula is C39H44FNO5. The number of fused-ring (bicyclic) bond motifs is 7. The first-order valence-corrected chi connectivity index (χ1v) is 16.7. The lowest BCUT2D eigenvalue weighted by Gasteiger charge is -2.63. The van der Waals surface area contributed by atoms with Gasteiger partial charge in [0, 0.05) is 37.9 Å². The summed E-state index contributed by atoms with van der Waals surface area (Å²) in [4.78, 5) is 40.7. The Morgan fingerprint density at radius 2 is 1.72 bits per heavy atom. The van der Waals surface area contributed by atoms with E-state index in [0.717, 1.165) is 17.6 Å². The van der Waals surface area contributed by atoms with Crippen LogP contribution in [0.15, 0.2) is 78.4 Å². The third-order valence-electron chi connectivity index (χ3n) is 12.8. The second kappa shape index (κ2) is 11.1. The minimum absolute atomic E-state index is 0.0503. The fraction of sp³-hybridized carbons (Fsp3) is 0.513. The zero-order chi connectivity index (χ0) is 32.5. The maximum atomic E-state index is 17.7. The largest absolute Gasteiger partial charge is 0.458 e. The van der Waals surface area contributed by atoms with Crippen molar-refractivity contribution in [1.82, 2.24) is 4.90 Å². The lowest BCUT2D eigenvalue weighted by atomic mass is 9.43. The normalized spacial score (nSPS) is 37.9. The van der Waals surface area contributed by atoms with Crippen LogP contribution in [-0.4, -0.2) is 59.0 Å². The van der Waals surface area contributed by atoms with Gasteiger partial charge in [-0.25, -0.2) is 4.39 Å². The number of benzene rings is 2. The Hall–Kier alpha value is -3.42. The maximum absolute atomic E-state index is 17.7. The minimum atomic E-state index is -1.95. The number of rotatable bonds is 7. The summed E-state index contributed by atoms with van der Waals surface area (Å²) in [6.45, 7) is 6.74. The summed E-state index contributed by atoms with van der Waals surface area (Å²) in [6, 6.07) is 19.0. The molecule has 1 heterocycles. The second-order valence-corrected chi connectivity index (χ2v) is 15.0. The van der Waals surface area contributed by atoms with E-state index in [9.17, 15) is 19.5 Å². The van der Waals surface area contributed by atoms with Crippen molar-refractivity contribution in [1.29, 1.82) is 0 Å². The Morgan fingerprint density at radius 1 is 1.02 bits per heavy atom. The van der Waals surface area contributed by atoms with Gasteiger partial charge in [-0.1, -0.05) is 73.2 Å². The molecule has 0 aromatic heterocycles. The molecule has 2 aromatic rings. The number of likely N-dealkylation sites (tertiary alicyclic amines) is 1. The van der Waals surface area contributed by atoms with Crippen LogP contribution in [0.2, 0.25) is 0 Å². The van der Waals surface area contributed by atoms with E-state index in [0.29, 0.717) is 38.9 Å². The Balaban J connectivity index is 1.18. The quantitative estimate of drug-likeness (QED) is 0.391. The smallest absolute Gasteiger partial charge is 0.303 e. The molecule has 46 heavy (non-hydrogen) atoms. The fourth-order valence-electron chi connectivity index (χ4n) is 10.7. The van der Waals surface area contributed by atoms with Gasteiger partial charge < -0.3 is 9.84 Å². The maximum Gasteiger partial charge on any atom is 0.303 e. The average molecular weight is 626 g/mol. The molecular weight excluding hydrogens is 581 g/mol. The first-order chi connectivity index (χ1) is 21.9. The van der Waals surface area contributed by atoms with Crippen LogP contribution in [0.3, 0.4) is 0 Å². The van der Waals surface area contributed by atoms with Crippen molar-refractivity contribution < 1.29 is 28.6 Å². The van der Waals surface area contributed by atoms with Crippen LogP contribution in [0.1, 0.15) is 63.1 Å². The van der Waals surface area contributed by atoms with E-state index >= 15 is 4.39 Å². The first kappa shape index (κ1) is 31.2. The molecule has 4 fully saturated rings. The minimum Gasteiger partial charge on any atom is -0.458 e. The summed E-state index contributed by atoms with van der Waals surface area (Å²) in [5, 5.41) is 11.9. The van der Waals surface area contributed by atoms with Crippen molar-refractivity contribution in [3.63, 3.8) is 0 Å². The molecule has 1 saturated heterocycles. The number of carbonyl (C=O) groups excluding carboxylic acids is 3. The number of esters is 1. The number of hydrogen-bond acceptors (Lipinski definition) is 6. The predicted octanol–water partition coefficient (Wildman–Crippen LogP) is 5.81. The molecule has 1 aliphatic heterocycles. The van der Waals surface area contributed by atoms with Crippen LogP contribution in [0, 0.1) is 34.0 Å². The lowest BCUT2D eigenvalue weighted by molar-refractivity contribution is -0.207. The number of ketones is 2. The Morgan fingerprint density at radius 3 is 2.43 bits per heavy atom. The van der Waals surface area contributed by atoms with Crippen molar-refractivity contribution >= 4 is 17.5 Å². The van der Waals surface area contributed by atoms with Crippen molar-refractivity contribution in [3.05, 3.63) is 95.1 Å². The molecule has 8 unspecified atom stereocenters. The summed E-state index contributed by atoms with van der Waals surface area (Å²) in [7, 11) is 0. The molecule has 0 amide bonds. The number of aliphatic hydroxyl groups is 1. The highest BCUT2D eigenvalue weighted by Crippen LogP contribution is 2.74. The molecule has 6 nitrogen and oxygen atoms in total. The van der Waals surface area contributed by atoms with Gasteiger partial charge in [0.15, 0.2) is 23.8 Å². The first-order valence-electron chi connectivity index (χ1n) is 16.7. The highest BCUT2D eigenvalue weighted by molar-refractivity contribution is 6.01. The van der Waals surface area contributed by atoms with Gasteiger partial charge >= 0.3 is 5.97 Å². The third kappa shape index (κ3) is 4.52. The summed E-state index contributed by atoms with van der Waals surface area (Å²) >= 11 is 0. The zero-order valence-corrected chi connectivity index (χ0v) is 27.0. The monoisotopic (exact) mass is 625 g/mol. The summed E-state index contributed by atoms with van der Waals surface area (Å²) in [6.07, 6.45) is 6.15. The lowest BCUT2D eigenvalue weighted by Crippen LogP contribution is -2.68. The van der Waals surface area contributed by atoms with Gasteiger partial charge in [-0.3, -0.25) is 19.3 Å². The highest BCUT2D eigenvalue weighted by Gasteiger charge is 2.77. The molecule has 2 aromatic carbocycles. The van der Waals surface area contributed by atoms with E-state index in [4.69, 9.17) is 4.74 Å². The van der Waals surface area contributed by atoms with E-state index < -0.39 is 39.9 Å². The number of ether oxygens (including phenoxy) is 1. The van der Waals surface area contributed by atoms with Crippen molar-refractivity contribution in [2.24, 2.45) is 34.0 Å². The van der Waals surface area contributed by atoms with E-state index in [1.54, 1.807) is 12.2 Å². The molecule has 4 aliphatic carbocycles. The topological polar surface area (TPSA) is 83.9 Å². The van der Waals surface area contributed by atoms with Gasteiger partial charge in [-0.15, -0.1) is 0 Å². The van der Waals surface area contributed by atoms with Gasteiger partial charge in [0.05, 0.1) is 11.5 Å². The number of alkyl halides is 1. The van der Waals surface area contributed by atoms with E-state index in [2.05, 4.69) is 60.4 Å². The molecule has 242 valence electrons. The number of nitrogens with zero attached hydrogens (tertiary/aromatic N) is 1. The van der Waals surface area contributed by atoms with Crippen LogP contribution in [0.4, 0.5) is 4.39 Å².